The molecule has 6 N–H and O–H groups in total. The predicted molar refractivity (Wildman–Crippen MR) is 60.3 cm³/mol. The van der Waals surface area contributed by atoms with Crippen molar-refractivity contribution in [3.63, 3.8) is 0 Å². The molecule has 0 aromatic carbocycles. The molecule has 102 valence electrons. The number of hydrogen-bond acceptors (Lipinski definition) is 5. The highest BCUT2D eigenvalue weighted by Gasteiger charge is 2.39. The first-order chi connectivity index (χ1) is 8.35. The van der Waals surface area contributed by atoms with Crippen LogP contribution in [0.4, 0.5) is 0 Å². The Balaban J connectivity index is 2.57. The van der Waals surface area contributed by atoms with Crippen molar-refractivity contribution in [3.05, 3.63) is 0 Å². The lowest BCUT2D eigenvalue weighted by molar-refractivity contribution is -0.143. The summed E-state index contributed by atoms with van der Waals surface area (Å²) in [7, 11) is 0. The average molecular weight is 259 g/mol. The van der Waals surface area contributed by atoms with Crippen molar-refractivity contribution < 1.29 is 24.2 Å². The molecule has 1 saturated heterocycles. The van der Waals surface area contributed by atoms with E-state index in [0.717, 1.165) is 0 Å². The number of carboxylic acids is 1. The summed E-state index contributed by atoms with van der Waals surface area (Å²) in [6.45, 7) is 0.421. The van der Waals surface area contributed by atoms with Gasteiger partial charge in [0.25, 0.3) is 0 Å². The molecule has 0 bridgehead atoms. The van der Waals surface area contributed by atoms with Crippen LogP contribution in [0.2, 0.25) is 0 Å². The van der Waals surface area contributed by atoms with Crippen molar-refractivity contribution in [1.82, 2.24) is 5.32 Å². The minimum atomic E-state index is -1.23. The maximum absolute atomic E-state index is 11.8. The second-order valence-corrected chi connectivity index (χ2v) is 4.33. The molecule has 2 atom stereocenters. The van der Waals surface area contributed by atoms with Gasteiger partial charge in [-0.2, -0.15) is 0 Å². The van der Waals surface area contributed by atoms with E-state index in [0.29, 0.717) is 13.0 Å². The number of amides is 2. The van der Waals surface area contributed by atoms with Gasteiger partial charge < -0.3 is 26.6 Å². The quantitative estimate of drug-likeness (QED) is 0.431. The topological polar surface area (TPSA) is 145 Å². The van der Waals surface area contributed by atoms with E-state index in [9.17, 15) is 14.4 Å². The zero-order valence-corrected chi connectivity index (χ0v) is 9.85. The molecule has 1 aliphatic rings. The van der Waals surface area contributed by atoms with Gasteiger partial charge in [0.1, 0.15) is 11.6 Å². The highest BCUT2D eigenvalue weighted by atomic mass is 16.5. The van der Waals surface area contributed by atoms with Gasteiger partial charge in [-0.05, 0) is 12.8 Å². The Labute approximate surface area is 104 Å². The van der Waals surface area contributed by atoms with Crippen molar-refractivity contribution in [2.24, 2.45) is 11.5 Å². The predicted octanol–water partition coefficient (Wildman–Crippen LogP) is -2.06. The van der Waals surface area contributed by atoms with Crippen LogP contribution in [0.15, 0.2) is 0 Å². The maximum Gasteiger partial charge on any atom is 0.326 e. The fourth-order valence-electron chi connectivity index (χ4n) is 1.61. The lowest BCUT2D eigenvalue weighted by atomic mass is 9.98. The van der Waals surface area contributed by atoms with E-state index in [1.54, 1.807) is 0 Å². The zero-order valence-electron chi connectivity index (χ0n) is 9.85. The van der Waals surface area contributed by atoms with Gasteiger partial charge >= 0.3 is 5.97 Å². The third-order valence-corrected chi connectivity index (χ3v) is 2.79. The number of hydrogen-bond donors (Lipinski definition) is 4. The molecule has 18 heavy (non-hydrogen) atoms. The summed E-state index contributed by atoms with van der Waals surface area (Å²) in [5.74, 6) is -2.44. The first-order valence-electron chi connectivity index (χ1n) is 5.54. The molecule has 1 unspecified atom stereocenters. The number of aliphatic carboxylic acids is 1. The van der Waals surface area contributed by atoms with Gasteiger partial charge in [0.05, 0.1) is 6.61 Å². The number of ether oxygens (including phenoxy) is 1. The summed E-state index contributed by atoms with van der Waals surface area (Å²) in [6.07, 6.45) is 0.152. The zero-order chi connectivity index (χ0) is 13.8. The Kier molecular flexibility index (Phi) is 4.62. The van der Waals surface area contributed by atoms with Crippen LogP contribution in [0.5, 0.6) is 0 Å². The summed E-state index contributed by atoms with van der Waals surface area (Å²) < 4.78 is 5.01. The number of carbonyl (C=O) groups excluding carboxylic acids is 2. The van der Waals surface area contributed by atoms with Crippen molar-refractivity contribution in [1.29, 1.82) is 0 Å². The third-order valence-electron chi connectivity index (χ3n) is 2.79. The van der Waals surface area contributed by atoms with Gasteiger partial charge in [-0.25, -0.2) is 4.79 Å². The number of carboxylic acid groups (broad SMARTS) is 1. The molecule has 0 aliphatic carbocycles. The minimum Gasteiger partial charge on any atom is -0.480 e. The van der Waals surface area contributed by atoms with Crippen LogP contribution in [0.3, 0.4) is 0 Å². The monoisotopic (exact) mass is 259 g/mol. The number of nitrogens with one attached hydrogen (secondary N) is 1. The average Bonchev–Trinajstić information content (AvgIpc) is 2.71. The van der Waals surface area contributed by atoms with Crippen LogP contribution < -0.4 is 16.8 Å². The Morgan fingerprint density at radius 2 is 2.11 bits per heavy atom. The largest absolute Gasteiger partial charge is 0.480 e. The Bertz CT molecular complexity index is 351. The maximum atomic E-state index is 11.8. The smallest absolute Gasteiger partial charge is 0.326 e. The van der Waals surface area contributed by atoms with E-state index in [-0.39, 0.29) is 19.4 Å². The van der Waals surface area contributed by atoms with E-state index in [1.165, 1.54) is 0 Å². The van der Waals surface area contributed by atoms with Crippen molar-refractivity contribution in [2.75, 3.05) is 13.2 Å². The lowest BCUT2D eigenvalue weighted by Crippen LogP contribution is -2.58. The fourth-order valence-corrected chi connectivity index (χ4v) is 1.61. The van der Waals surface area contributed by atoms with Gasteiger partial charge in [-0.3, -0.25) is 9.59 Å². The molecule has 1 heterocycles. The summed E-state index contributed by atoms with van der Waals surface area (Å²) >= 11 is 0. The van der Waals surface area contributed by atoms with E-state index >= 15 is 0 Å². The molecule has 0 spiro atoms. The van der Waals surface area contributed by atoms with Gasteiger partial charge in [-0.1, -0.05) is 0 Å². The second kappa shape index (κ2) is 5.78. The molecule has 0 radical (unpaired) electrons. The molecule has 0 aromatic heterocycles. The van der Waals surface area contributed by atoms with Crippen molar-refractivity contribution in [2.45, 2.75) is 30.8 Å². The van der Waals surface area contributed by atoms with Crippen molar-refractivity contribution in [3.8, 4) is 0 Å². The standard InChI is InChI=1S/C10H17N3O5/c11-7(14)2-1-6(8(15)16)13-9(17)10(12)3-4-18-5-10/h6H,1-5,12H2,(H2,11,14)(H,13,17)(H,15,16)/t6-,10?/m1/s1. The van der Waals surface area contributed by atoms with Crippen LogP contribution in [-0.4, -0.2) is 47.7 Å². The van der Waals surface area contributed by atoms with Crippen LogP contribution in [-0.2, 0) is 19.1 Å². The first kappa shape index (κ1) is 14.4. The van der Waals surface area contributed by atoms with Crippen LogP contribution in [0.25, 0.3) is 0 Å². The van der Waals surface area contributed by atoms with Crippen LogP contribution in [0.1, 0.15) is 19.3 Å². The molecule has 2 amide bonds. The summed E-state index contributed by atoms with van der Waals surface area (Å²) in [5.41, 5.74) is 9.52. The van der Waals surface area contributed by atoms with Crippen molar-refractivity contribution >= 4 is 17.8 Å². The number of carbonyl (C=O) groups is 3. The normalized spacial score (nSPS) is 24.5. The number of nitrogens with two attached hydrogens (primary N) is 2. The van der Waals surface area contributed by atoms with Gasteiger partial charge in [0.2, 0.25) is 11.8 Å². The molecule has 1 rings (SSSR count). The molecule has 0 aromatic rings. The molecule has 1 aliphatic heterocycles. The molecule has 8 nitrogen and oxygen atoms in total. The van der Waals surface area contributed by atoms with E-state index in [2.05, 4.69) is 5.32 Å². The van der Waals surface area contributed by atoms with E-state index in [1.807, 2.05) is 0 Å². The van der Waals surface area contributed by atoms with Crippen LogP contribution >= 0.6 is 0 Å². The summed E-state index contributed by atoms with van der Waals surface area (Å²) in [6, 6.07) is -1.17. The lowest BCUT2D eigenvalue weighted by Gasteiger charge is -2.23. The fraction of sp³-hybridized carbons (Fsp3) is 0.700. The minimum absolute atomic E-state index is 0.0565. The van der Waals surface area contributed by atoms with E-state index in [4.69, 9.17) is 21.3 Å². The Morgan fingerprint density at radius 1 is 1.44 bits per heavy atom. The van der Waals surface area contributed by atoms with Gasteiger partial charge in [0, 0.05) is 13.0 Å². The number of primary amides is 1. The van der Waals surface area contributed by atoms with Crippen LogP contribution in [0, 0.1) is 0 Å². The second-order valence-electron chi connectivity index (χ2n) is 4.33. The molecule has 1 fully saturated rings. The molecular formula is C10H17N3O5. The summed E-state index contributed by atoms with van der Waals surface area (Å²) in [5, 5.41) is 11.2. The first-order valence-corrected chi connectivity index (χ1v) is 5.54. The third kappa shape index (κ3) is 3.67. The van der Waals surface area contributed by atoms with Gasteiger partial charge in [0.15, 0.2) is 0 Å². The highest BCUT2D eigenvalue weighted by molar-refractivity contribution is 5.90. The molecular weight excluding hydrogens is 242 g/mol. The Morgan fingerprint density at radius 3 is 2.56 bits per heavy atom. The van der Waals surface area contributed by atoms with Gasteiger partial charge in [-0.15, -0.1) is 0 Å². The Hall–Kier alpha value is -1.67. The summed E-state index contributed by atoms with van der Waals surface area (Å²) in [4.78, 5) is 33.4. The SMILES string of the molecule is NC(=O)CC[C@@H](NC(=O)C1(N)CCOC1)C(=O)O. The highest BCUT2D eigenvalue weighted by Crippen LogP contribution is 2.16. The molecule has 0 saturated carbocycles. The number of rotatable bonds is 6. The van der Waals surface area contributed by atoms with E-state index < -0.39 is 29.4 Å². The molecule has 8 heteroatoms.